The van der Waals surface area contributed by atoms with Gasteiger partial charge in [0, 0.05) is 17.1 Å². The molecule has 9 heteroatoms. The van der Waals surface area contributed by atoms with Gasteiger partial charge < -0.3 is 14.5 Å². The van der Waals surface area contributed by atoms with E-state index in [0.717, 1.165) is 0 Å². The van der Waals surface area contributed by atoms with Gasteiger partial charge in [-0.15, -0.1) is 11.3 Å². The SMILES string of the molecule is COC(=O)c1cc(-c2csc(NC(=O)C(Oc3ccccc3C#N)C(C)C)n2)c[nH]1. The molecule has 1 aromatic carbocycles. The lowest BCUT2D eigenvalue weighted by atomic mass is 10.1. The summed E-state index contributed by atoms with van der Waals surface area (Å²) in [6.07, 6.45) is 0.844. The largest absolute Gasteiger partial charge is 0.479 e. The molecule has 2 heterocycles. The van der Waals surface area contributed by atoms with Crippen LogP contribution < -0.4 is 10.1 Å². The van der Waals surface area contributed by atoms with E-state index in [1.165, 1.54) is 18.4 Å². The van der Waals surface area contributed by atoms with Crippen molar-refractivity contribution in [3.8, 4) is 23.1 Å². The number of H-pyrrole nitrogens is 1. The van der Waals surface area contributed by atoms with Crippen molar-refractivity contribution < 1.29 is 19.1 Å². The molecule has 0 radical (unpaired) electrons. The Labute approximate surface area is 177 Å². The molecule has 0 spiro atoms. The second kappa shape index (κ2) is 9.24. The van der Waals surface area contributed by atoms with E-state index in [0.29, 0.717) is 33.4 Å². The third kappa shape index (κ3) is 4.67. The van der Waals surface area contributed by atoms with Gasteiger partial charge in [0.15, 0.2) is 11.2 Å². The van der Waals surface area contributed by atoms with E-state index in [4.69, 9.17) is 4.74 Å². The van der Waals surface area contributed by atoms with Gasteiger partial charge in [0.2, 0.25) is 0 Å². The van der Waals surface area contributed by atoms with E-state index in [1.807, 2.05) is 13.8 Å². The number of thiazole rings is 1. The van der Waals surface area contributed by atoms with Crippen molar-refractivity contribution in [2.45, 2.75) is 20.0 Å². The second-order valence-corrected chi connectivity index (χ2v) is 7.57. The first-order valence-electron chi connectivity index (χ1n) is 9.12. The molecule has 0 bridgehead atoms. The van der Waals surface area contributed by atoms with Crippen molar-refractivity contribution in [3.63, 3.8) is 0 Å². The summed E-state index contributed by atoms with van der Waals surface area (Å²) < 4.78 is 10.5. The highest BCUT2D eigenvalue weighted by molar-refractivity contribution is 7.14. The molecule has 1 atom stereocenters. The number of ether oxygens (including phenoxy) is 2. The Morgan fingerprint density at radius 1 is 1.30 bits per heavy atom. The first kappa shape index (κ1) is 21.1. The average molecular weight is 424 g/mol. The summed E-state index contributed by atoms with van der Waals surface area (Å²) in [5.74, 6) is -0.609. The molecule has 8 nitrogen and oxygen atoms in total. The van der Waals surface area contributed by atoms with Crippen molar-refractivity contribution >= 4 is 28.3 Å². The van der Waals surface area contributed by atoms with Crippen LogP contribution in [0, 0.1) is 17.2 Å². The van der Waals surface area contributed by atoms with Crippen LogP contribution in [0.4, 0.5) is 5.13 Å². The molecule has 0 saturated carbocycles. The number of para-hydroxylation sites is 1. The number of methoxy groups -OCH3 is 1. The molecule has 30 heavy (non-hydrogen) atoms. The Morgan fingerprint density at radius 3 is 2.77 bits per heavy atom. The van der Waals surface area contributed by atoms with Gasteiger partial charge >= 0.3 is 5.97 Å². The summed E-state index contributed by atoms with van der Waals surface area (Å²) in [5.41, 5.74) is 1.99. The van der Waals surface area contributed by atoms with E-state index < -0.39 is 12.1 Å². The van der Waals surface area contributed by atoms with E-state index in [9.17, 15) is 14.9 Å². The number of aromatic nitrogens is 2. The van der Waals surface area contributed by atoms with Crippen molar-refractivity contribution in [2.75, 3.05) is 12.4 Å². The van der Waals surface area contributed by atoms with Gasteiger partial charge in [-0.25, -0.2) is 9.78 Å². The minimum absolute atomic E-state index is 0.136. The molecular formula is C21H20N4O4S. The van der Waals surface area contributed by atoms with Crippen LogP contribution in [0.15, 0.2) is 41.9 Å². The standard InChI is InChI=1S/C21H20N4O4S/c1-12(2)18(29-17-7-5-4-6-13(17)9-22)19(26)25-21-24-16(11-30-21)14-8-15(23-10-14)20(27)28-3/h4-8,10-12,18,23H,1-3H3,(H,24,25,26). The zero-order chi connectivity index (χ0) is 21.7. The summed E-state index contributed by atoms with van der Waals surface area (Å²) in [6.45, 7) is 3.72. The first-order chi connectivity index (χ1) is 14.4. The Kier molecular flexibility index (Phi) is 6.49. The number of aromatic amines is 1. The quantitative estimate of drug-likeness (QED) is 0.557. The Bertz CT molecular complexity index is 1100. The zero-order valence-electron chi connectivity index (χ0n) is 16.6. The fourth-order valence-electron chi connectivity index (χ4n) is 2.70. The number of esters is 1. The normalized spacial score (nSPS) is 11.6. The molecule has 3 rings (SSSR count). The number of carbonyl (C=O) groups is 2. The van der Waals surface area contributed by atoms with E-state index in [2.05, 4.69) is 26.1 Å². The van der Waals surface area contributed by atoms with E-state index in [1.54, 1.807) is 41.9 Å². The fourth-order valence-corrected chi connectivity index (χ4v) is 3.42. The number of hydrogen-bond donors (Lipinski definition) is 2. The minimum Gasteiger partial charge on any atom is -0.479 e. The summed E-state index contributed by atoms with van der Waals surface area (Å²) in [6, 6.07) is 10.5. The Balaban J connectivity index is 1.73. The van der Waals surface area contributed by atoms with E-state index in [-0.39, 0.29) is 11.8 Å². The monoisotopic (exact) mass is 424 g/mol. The van der Waals surface area contributed by atoms with Gasteiger partial charge in [-0.1, -0.05) is 26.0 Å². The number of benzene rings is 1. The predicted octanol–water partition coefficient (Wildman–Crippen LogP) is 3.84. The minimum atomic E-state index is -0.801. The highest BCUT2D eigenvalue weighted by Crippen LogP contribution is 2.27. The third-order valence-electron chi connectivity index (χ3n) is 4.24. The van der Waals surface area contributed by atoms with Gasteiger partial charge in [-0.2, -0.15) is 5.26 Å². The third-order valence-corrected chi connectivity index (χ3v) is 5.00. The highest BCUT2D eigenvalue weighted by atomic mass is 32.1. The lowest BCUT2D eigenvalue weighted by Crippen LogP contribution is -2.37. The smallest absolute Gasteiger partial charge is 0.354 e. The first-order valence-corrected chi connectivity index (χ1v) is 10.00. The lowest BCUT2D eigenvalue weighted by Gasteiger charge is -2.21. The molecule has 1 amide bonds. The van der Waals surface area contributed by atoms with Gasteiger partial charge in [-0.05, 0) is 24.1 Å². The molecule has 0 aliphatic carbocycles. The van der Waals surface area contributed by atoms with Gasteiger partial charge in [0.25, 0.3) is 5.91 Å². The van der Waals surface area contributed by atoms with Crippen LogP contribution in [0.25, 0.3) is 11.3 Å². The summed E-state index contributed by atoms with van der Waals surface area (Å²) in [7, 11) is 1.31. The number of nitriles is 1. The highest BCUT2D eigenvalue weighted by Gasteiger charge is 2.26. The second-order valence-electron chi connectivity index (χ2n) is 6.71. The summed E-state index contributed by atoms with van der Waals surface area (Å²) in [5, 5.41) is 14.2. The maximum atomic E-state index is 12.8. The molecule has 2 N–H and O–H groups in total. The van der Waals surface area contributed by atoms with Crippen LogP contribution in [0.3, 0.4) is 0 Å². The number of amides is 1. The number of nitrogens with zero attached hydrogens (tertiary/aromatic N) is 2. The number of anilines is 1. The van der Waals surface area contributed by atoms with Crippen molar-refractivity contribution in [1.29, 1.82) is 5.26 Å². The number of rotatable bonds is 7. The molecule has 0 fully saturated rings. The molecule has 0 aliphatic heterocycles. The van der Waals surface area contributed by atoms with Gasteiger partial charge in [0.05, 0.1) is 18.4 Å². The zero-order valence-corrected chi connectivity index (χ0v) is 17.4. The number of carbonyl (C=O) groups excluding carboxylic acids is 2. The number of nitrogens with one attached hydrogen (secondary N) is 2. The van der Waals surface area contributed by atoms with Crippen molar-refractivity contribution in [2.24, 2.45) is 5.92 Å². The maximum Gasteiger partial charge on any atom is 0.354 e. The topological polar surface area (TPSA) is 117 Å². The Hall–Kier alpha value is -3.64. The fraction of sp³-hybridized carbons (Fsp3) is 0.238. The molecule has 1 unspecified atom stereocenters. The predicted molar refractivity (Wildman–Crippen MR) is 112 cm³/mol. The van der Waals surface area contributed by atoms with Crippen LogP contribution in [0.2, 0.25) is 0 Å². The summed E-state index contributed by atoms with van der Waals surface area (Å²) in [4.78, 5) is 31.6. The van der Waals surface area contributed by atoms with Crippen LogP contribution in [-0.4, -0.2) is 35.1 Å². The molecule has 0 aliphatic rings. The van der Waals surface area contributed by atoms with Crippen LogP contribution >= 0.6 is 11.3 Å². The van der Waals surface area contributed by atoms with Gasteiger partial charge in [-0.3, -0.25) is 10.1 Å². The van der Waals surface area contributed by atoms with Crippen molar-refractivity contribution in [1.82, 2.24) is 9.97 Å². The van der Waals surface area contributed by atoms with Crippen LogP contribution in [0.5, 0.6) is 5.75 Å². The maximum absolute atomic E-state index is 12.8. The molecule has 0 saturated heterocycles. The molecule has 2 aromatic heterocycles. The molecule has 3 aromatic rings. The average Bonchev–Trinajstić information content (AvgIpc) is 3.41. The van der Waals surface area contributed by atoms with Gasteiger partial charge in [0.1, 0.15) is 17.5 Å². The molecule has 154 valence electrons. The van der Waals surface area contributed by atoms with Crippen molar-refractivity contribution in [3.05, 3.63) is 53.2 Å². The van der Waals surface area contributed by atoms with Crippen LogP contribution in [0.1, 0.15) is 29.9 Å². The van der Waals surface area contributed by atoms with Crippen LogP contribution in [-0.2, 0) is 9.53 Å². The molecular weight excluding hydrogens is 404 g/mol. The Morgan fingerprint density at radius 2 is 2.07 bits per heavy atom. The summed E-state index contributed by atoms with van der Waals surface area (Å²) >= 11 is 1.26. The lowest BCUT2D eigenvalue weighted by molar-refractivity contribution is -0.124. The van der Waals surface area contributed by atoms with E-state index >= 15 is 0 Å². The number of hydrogen-bond acceptors (Lipinski definition) is 7.